The summed E-state index contributed by atoms with van der Waals surface area (Å²) in [6.45, 7) is 0.756. The predicted molar refractivity (Wildman–Crippen MR) is 69.0 cm³/mol. The van der Waals surface area contributed by atoms with Gasteiger partial charge in [0.05, 0.1) is 6.04 Å². The first-order valence-corrected chi connectivity index (χ1v) is 6.48. The maximum atomic E-state index is 11.2. The zero-order valence-corrected chi connectivity index (χ0v) is 10.9. The summed E-state index contributed by atoms with van der Waals surface area (Å²) < 4.78 is 1.07. The van der Waals surface area contributed by atoms with Crippen LogP contribution < -0.4 is 5.32 Å². The van der Waals surface area contributed by atoms with Gasteiger partial charge in [-0.3, -0.25) is 9.59 Å². The standard InChI is InChI=1S/C13H14BrNO2/c14-11-4-1-9(2-5-11)10-3-6-12(15-7-10)13(17)8-16/h1-2,4-5,8,10,12,15H,3,6-7H2. The Balaban J connectivity index is 1.97. The zero-order chi connectivity index (χ0) is 12.3. The second-order valence-electron chi connectivity index (χ2n) is 4.31. The SMILES string of the molecule is O=CC(=O)C1CCC(c2ccc(Br)cc2)CN1. The minimum absolute atomic E-state index is 0.279. The van der Waals surface area contributed by atoms with Gasteiger partial charge in [-0.05, 0) is 36.5 Å². The molecular formula is C13H14BrNO2. The highest BCUT2D eigenvalue weighted by Gasteiger charge is 2.25. The fourth-order valence-electron chi connectivity index (χ4n) is 2.20. The first-order valence-electron chi connectivity index (χ1n) is 5.68. The Morgan fingerprint density at radius 3 is 2.53 bits per heavy atom. The van der Waals surface area contributed by atoms with Crippen LogP contribution in [0.2, 0.25) is 0 Å². The largest absolute Gasteiger partial charge is 0.306 e. The normalized spacial score (nSPS) is 24.3. The van der Waals surface area contributed by atoms with Gasteiger partial charge in [0, 0.05) is 11.0 Å². The van der Waals surface area contributed by atoms with Gasteiger partial charge in [-0.2, -0.15) is 0 Å². The van der Waals surface area contributed by atoms with Crippen molar-refractivity contribution in [3.63, 3.8) is 0 Å². The molecule has 0 radical (unpaired) electrons. The van der Waals surface area contributed by atoms with Gasteiger partial charge in [0.1, 0.15) is 0 Å². The molecule has 1 N–H and O–H groups in total. The van der Waals surface area contributed by atoms with Gasteiger partial charge in [0.15, 0.2) is 6.29 Å². The van der Waals surface area contributed by atoms with Crippen LogP contribution in [-0.4, -0.2) is 24.7 Å². The van der Waals surface area contributed by atoms with E-state index in [1.54, 1.807) is 0 Å². The molecule has 17 heavy (non-hydrogen) atoms. The van der Waals surface area contributed by atoms with E-state index in [0.717, 1.165) is 23.9 Å². The zero-order valence-electron chi connectivity index (χ0n) is 9.36. The lowest BCUT2D eigenvalue weighted by Gasteiger charge is -2.28. The number of nitrogens with one attached hydrogen (secondary N) is 1. The highest BCUT2D eigenvalue weighted by atomic mass is 79.9. The second kappa shape index (κ2) is 5.56. The number of aldehydes is 1. The molecule has 1 aliphatic heterocycles. The fourth-order valence-corrected chi connectivity index (χ4v) is 2.47. The lowest BCUT2D eigenvalue weighted by atomic mass is 9.88. The van der Waals surface area contributed by atoms with Crippen LogP contribution in [0.4, 0.5) is 0 Å². The average molecular weight is 296 g/mol. The maximum absolute atomic E-state index is 11.2. The quantitative estimate of drug-likeness (QED) is 0.686. The first kappa shape index (κ1) is 12.5. The van der Waals surface area contributed by atoms with Crippen LogP contribution in [0.5, 0.6) is 0 Å². The van der Waals surface area contributed by atoms with Crippen molar-refractivity contribution in [1.29, 1.82) is 0 Å². The Kier molecular flexibility index (Phi) is 4.07. The van der Waals surface area contributed by atoms with Crippen LogP contribution in [0.3, 0.4) is 0 Å². The van der Waals surface area contributed by atoms with E-state index in [2.05, 4.69) is 33.4 Å². The third-order valence-corrected chi connectivity index (χ3v) is 3.74. The molecule has 2 unspecified atom stereocenters. The van der Waals surface area contributed by atoms with Gasteiger partial charge >= 0.3 is 0 Å². The average Bonchev–Trinajstić information content (AvgIpc) is 2.39. The van der Waals surface area contributed by atoms with Gasteiger partial charge in [-0.25, -0.2) is 0 Å². The van der Waals surface area contributed by atoms with Crippen LogP contribution in [0.1, 0.15) is 24.3 Å². The van der Waals surface area contributed by atoms with E-state index in [1.165, 1.54) is 5.56 Å². The molecule has 1 aromatic rings. The number of piperidine rings is 1. The van der Waals surface area contributed by atoms with E-state index >= 15 is 0 Å². The van der Waals surface area contributed by atoms with Crippen molar-refractivity contribution in [3.8, 4) is 0 Å². The monoisotopic (exact) mass is 295 g/mol. The molecule has 0 aromatic heterocycles. The molecule has 0 bridgehead atoms. The smallest absolute Gasteiger partial charge is 0.212 e. The van der Waals surface area contributed by atoms with E-state index in [4.69, 9.17) is 0 Å². The van der Waals surface area contributed by atoms with Gasteiger partial charge in [0.25, 0.3) is 0 Å². The van der Waals surface area contributed by atoms with E-state index in [9.17, 15) is 9.59 Å². The summed E-state index contributed by atoms with van der Waals surface area (Å²) in [7, 11) is 0. The molecule has 1 saturated heterocycles. The van der Waals surface area contributed by atoms with Crippen molar-refractivity contribution in [2.45, 2.75) is 24.8 Å². The third kappa shape index (κ3) is 3.01. The van der Waals surface area contributed by atoms with Crippen molar-refractivity contribution in [1.82, 2.24) is 5.32 Å². The Morgan fingerprint density at radius 1 is 1.29 bits per heavy atom. The number of halogens is 1. The van der Waals surface area contributed by atoms with Crippen LogP contribution >= 0.6 is 15.9 Å². The first-order chi connectivity index (χ1) is 8.20. The minimum Gasteiger partial charge on any atom is -0.306 e. The molecule has 3 nitrogen and oxygen atoms in total. The lowest BCUT2D eigenvalue weighted by Crippen LogP contribution is -2.43. The molecule has 0 aliphatic carbocycles. The van der Waals surface area contributed by atoms with Gasteiger partial charge in [0.2, 0.25) is 5.78 Å². The van der Waals surface area contributed by atoms with Gasteiger partial charge in [-0.1, -0.05) is 28.1 Å². The summed E-state index contributed by atoms with van der Waals surface area (Å²) in [5.41, 5.74) is 1.28. The topological polar surface area (TPSA) is 46.2 Å². The number of carbonyl (C=O) groups is 2. The molecular weight excluding hydrogens is 282 g/mol. The summed E-state index contributed by atoms with van der Waals surface area (Å²) >= 11 is 3.41. The van der Waals surface area contributed by atoms with Crippen LogP contribution in [-0.2, 0) is 9.59 Å². The molecule has 4 heteroatoms. The molecule has 2 rings (SSSR count). The molecule has 2 atom stereocenters. The molecule has 0 spiro atoms. The molecule has 1 aliphatic rings. The number of benzene rings is 1. The molecule has 1 aromatic carbocycles. The van der Waals surface area contributed by atoms with E-state index in [1.807, 2.05) is 12.1 Å². The van der Waals surface area contributed by atoms with Crippen LogP contribution in [0.25, 0.3) is 0 Å². The Morgan fingerprint density at radius 2 is 2.00 bits per heavy atom. The number of ketones is 1. The van der Waals surface area contributed by atoms with E-state index in [-0.39, 0.29) is 11.8 Å². The molecule has 90 valence electrons. The van der Waals surface area contributed by atoms with Gasteiger partial charge in [-0.15, -0.1) is 0 Å². The third-order valence-electron chi connectivity index (χ3n) is 3.22. The van der Waals surface area contributed by atoms with Crippen LogP contribution in [0.15, 0.2) is 28.7 Å². The van der Waals surface area contributed by atoms with Gasteiger partial charge < -0.3 is 5.32 Å². The summed E-state index contributed by atoms with van der Waals surface area (Å²) in [4.78, 5) is 21.6. The van der Waals surface area contributed by atoms with Crippen molar-refractivity contribution < 1.29 is 9.59 Å². The van der Waals surface area contributed by atoms with Crippen molar-refractivity contribution in [2.75, 3.05) is 6.54 Å². The lowest BCUT2D eigenvalue weighted by molar-refractivity contribution is -0.131. The Hall–Kier alpha value is -1.00. The summed E-state index contributed by atoms with van der Waals surface area (Å²) in [6.07, 6.45) is 2.09. The number of carbonyl (C=O) groups excluding carboxylic acids is 2. The summed E-state index contributed by atoms with van der Waals surface area (Å²) in [5, 5.41) is 3.14. The van der Waals surface area contributed by atoms with E-state index < -0.39 is 0 Å². The summed E-state index contributed by atoms with van der Waals surface area (Å²) in [6, 6.07) is 7.96. The second-order valence-corrected chi connectivity index (χ2v) is 5.22. The Bertz CT molecular complexity index is 408. The number of hydrogen-bond acceptors (Lipinski definition) is 3. The predicted octanol–water partition coefficient (Wildman–Crippen LogP) is 2.05. The fraction of sp³-hybridized carbons (Fsp3) is 0.385. The Labute approximate surface area is 109 Å². The van der Waals surface area contributed by atoms with Crippen LogP contribution in [0, 0.1) is 0 Å². The number of rotatable bonds is 3. The molecule has 1 fully saturated rings. The highest BCUT2D eigenvalue weighted by molar-refractivity contribution is 9.10. The summed E-state index contributed by atoms with van der Waals surface area (Å²) in [5.74, 6) is 0.0954. The highest BCUT2D eigenvalue weighted by Crippen LogP contribution is 2.26. The molecule has 1 heterocycles. The molecule has 0 saturated carbocycles. The van der Waals surface area contributed by atoms with Crippen molar-refractivity contribution in [3.05, 3.63) is 34.3 Å². The number of hydrogen-bond donors (Lipinski definition) is 1. The maximum Gasteiger partial charge on any atom is 0.212 e. The molecule has 0 amide bonds. The van der Waals surface area contributed by atoms with E-state index in [0.29, 0.717) is 12.2 Å². The van der Waals surface area contributed by atoms with Crippen molar-refractivity contribution >= 4 is 28.0 Å². The van der Waals surface area contributed by atoms with Crippen molar-refractivity contribution in [2.24, 2.45) is 0 Å². The number of Topliss-reactive ketones (excluding diaryl/α,β-unsaturated/α-hetero) is 1. The minimum atomic E-state index is -0.334.